The van der Waals surface area contributed by atoms with Crippen LogP contribution in [0.1, 0.15) is 51.2 Å². The molecule has 1 aromatic rings. The average molecular weight is 453 g/mol. The first-order valence-electron chi connectivity index (χ1n) is 11.4. The first-order valence-corrected chi connectivity index (χ1v) is 11.4. The Morgan fingerprint density at radius 2 is 2.03 bits per heavy atom. The zero-order chi connectivity index (χ0) is 23.5. The van der Waals surface area contributed by atoms with E-state index in [0.717, 1.165) is 22.3 Å². The second kappa shape index (κ2) is 7.76. The van der Waals surface area contributed by atoms with Gasteiger partial charge in [0.15, 0.2) is 0 Å². The molecule has 0 amide bonds. The second-order valence-corrected chi connectivity index (χ2v) is 9.40. The van der Waals surface area contributed by atoms with Crippen molar-refractivity contribution in [3.05, 3.63) is 46.3 Å². The largest absolute Gasteiger partial charge is 0.496 e. The number of aliphatic hydroxyl groups is 1. The third-order valence-electron chi connectivity index (χ3n) is 6.78. The molecule has 0 radical (unpaired) electrons. The molecule has 2 atom stereocenters. The second-order valence-electron chi connectivity index (χ2n) is 9.40. The molecular weight excluding hydrogens is 424 g/mol. The van der Waals surface area contributed by atoms with Gasteiger partial charge in [0.25, 0.3) is 0 Å². The fourth-order valence-electron chi connectivity index (χ4n) is 5.16. The van der Waals surface area contributed by atoms with Gasteiger partial charge in [0, 0.05) is 48.0 Å². The third-order valence-corrected chi connectivity index (χ3v) is 6.78. The summed E-state index contributed by atoms with van der Waals surface area (Å²) in [6.45, 7) is 5.40. The van der Waals surface area contributed by atoms with Gasteiger partial charge in [0.05, 0.1) is 24.9 Å². The van der Waals surface area contributed by atoms with Crippen LogP contribution in [-0.4, -0.2) is 42.3 Å². The van der Waals surface area contributed by atoms with Crippen LogP contribution in [0.15, 0.2) is 35.1 Å². The van der Waals surface area contributed by atoms with Gasteiger partial charge in [-0.15, -0.1) is 0 Å². The van der Waals surface area contributed by atoms with Crippen LogP contribution in [-0.2, 0) is 20.7 Å². The summed E-state index contributed by atoms with van der Waals surface area (Å²) in [7, 11) is 1.60. The van der Waals surface area contributed by atoms with Crippen molar-refractivity contribution in [1.82, 2.24) is 0 Å². The van der Waals surface area contributed by atoms with Crippen molar-refractivity contribution in [2.24, 2.45) is 5.92 Å². The molecule has 1 saturated carbocycles. The lowest BCUT2D eigenvalue weighted by Crippen LogP contribution is -2.39. The number of ketones is 1. The predicted molar refractivity (Wildman–Crippen MR) is 120 cm³/mol. The molecule has 7 heteroatoms. The van der Waals surface area contributed by atoms with Gasteiger partial charge >= 0.3 is 5.97 Å². The van der Waals surface area contributed by atoms with Crippen molar-refractivity contribution in [3.8, 4) is 17.2 Å². The van der Waals surface area contributed by atoms with Crippen molar-refractivity contribution in [2.45, 2.75) is 58.2 Å². The summed E-state index contributed by atoms with van der Waals surface area (Å²) in [6.07, 6.45) is 5.42. The van der Waals surface area contributed by atoms with Crippen LogP contribution in [0.2, 0.25) is 0 Å². The highest BCUT2D eigenvalue weighted by Crippen LogP contribution is 2.55. The minimum atomic E-state index is -1.05. The number of esters is 1. The van der Waals surface area contributed by atoms with Gasteiger partial charge < -0.3 is 24.1 Å². The molecule has 174 valence electrons. The van der Waals surface area contributed by atoms with Crippen molar-refractivity contribution >= 4 is 17.3 Å². The molecule has 2 aliphatic heterocycles. The minimum Gasteiger partial charge on any atom is -0.496 e. The molecule has 0 unspecified atom stereocenters. The number of benzene rings is 1. The van der Waals surface area contributed by atoms with Gasteiger partial charge in [-0.05, 0) is 27.2 Å². The number of hydrogen-bond acceptors (Lipinski definition) is 7. The Labute approximate surface area is 192 Å². The minimum absolute atomic E-state index is 0.0160. The fourth-order valence-corrected chi connectivity index (χ4v) is 5.16. The number of allylic oxidation sites excluding steroid dienone is 5. The molecule has 7 nitrogen and oxygen atoms in total. The number of fused-ring (bicyclic) bond motifs is 5. The fraction of sp³-hybridized carbons (Fsp3) is 0.462. The number of rotatable bonds is 4. The molecule has 0 saturated heterocycles. The molecule has 0 bridgehead atoms. The SMILES string of the molecule is CCOC(=O)C1=C2C=C[C@@H]3CC(=O)CCC3=C2c2c(cc3c(c2OC)C[C@@H](C(C)(C)O)O3)O1. The number of carbonyl (C=O) groups is 2. The topological polar surface area (TPSA) is 91.3 Å². The zero-order valence-electron chi connectivity index (χ0n) is 19.3. The van der Waals surface area contributed by atoms with Crippen molar-refractivity contribution in [2.75, 3.05) is 13.7 Å². The first-order chi connectivity index (χ1) is 15.7. The zero-order valence-corrected chi connectivity index (χ0v) is 19.3. The van der Waals surface area contributed by atoms with E-state index in [9.17, 15) is 14.7 Å². The lowest BCUT2D eigenvalue weighted by molar-refractivity contribution is -0.141. The number of methoxy groups -OCH3 is 1. The monoisotopic (exact) mass is 452 g/mol. The number of carbonyl (C=O) groups excluding carboxylic acids is 2. The predicted octanol–water partition coefficient (Wildman–Crippen LogP) is 3.67. The van der Waals surface area contributed by atoms with Gasteiger partial charge in [-0.3, -0.25) is 4.79 Å². The summed E-state index contributed by atoms with van der Waals surface area (Å²) >= 11 is 0. The summed E-state index contributed by atoms with van der Waals surface area (Å²) in [5.41, 5.74) is 3.21. The first kappa shape index (κ1) is 21.8. The van der Waals surface area contributed by atoms with Gasteiger partial charge in [-0.1, -0.05) is 17.7 Å². The van der Waals surface area contributed by atoms with E-state index in [2.05, 4.69) is 0 Å². The summed E-state index contributed by atoms with van der Waals surface area (Å²) in [5.74, 6) is 1.43. The van der Waals surface area contributed by atoms with E-state index >= 15 is 0 Å². The summed E-state index contributed by atoms with van der Waals surface area (Å²) < 4.78 is 23.4. The molecule has 33 heavy (non-hydrogen) atoms. The van der Waals surface area contributed by atoms with E-state index in [1.54, 1.807) is 33.9 Å². The van der Waals surface area contributed by atoms with Crippen LogP contribution in [0.3, 0.4) is 0 Å². The van der Waals surface area contributed by atoms with E-state index in [4.69, 9.17) is 18.9 Å². The smallest absolute Gasteiger partial charge is 0.374 e. The lowest BCUT2D eigenvalue weighted by atomic mass is 9.73. The number of ether oxygens (including phenoxy) is 4. The van der Waals surface area contributed by atoms with Crippen molar-refractivity contribution in [3.63, 3.8) is 0 Å². The maximum absolute atomic E-state index is 12.8. The summed E-state index contributed by atoms with van der Waals surface area (Å²) in [6, 6.07) is 1.77. The Bertz CT molecular complexity index is 1150. The van der Waals surface area contributed by atoms with Crippen LogP contribution in [0.25, 0.3) is 5.57 Å². The van der Waals surface area contributed by atoms with Crippen LogP contribution in [0.5, 0.6) is 17.2 Å². The Balaban J connectivity index is 1.73. The maximum atomic E-state index is 12.8. The summed E-state index contributed by atoms with van der Waals surface area (Å²) in [4.78, 5) is 25.0. The Morgan fingerprint density at radius 1 is 1.24 bits per heavy atom. The Kier molecular flexibility index (Phi) is 5.12. The maximum Gasteiger partial charge on any atom is 0.374 e. The molecule has 2 aliphatic carbocycles. The molecule has 0 aromatic heterocycles. The van der Waals surface area contributed by atoms with E-state index < -0.39 is 17.7 Å². The Morgan fingerprint density at radius 3 is 2.73 bits per heavy atom. The van der Waals surface area contributed by atoms with Crippen molar-refractivity contribution < 1.29 is 33.6 Å². The van der Waals surface area contributed by atoms with E-state index in [0.29, 0.717) is 48.5 Å². The number of Topliss-reactive ketones (excluding diaryl/α,β-unsaturated/α-hetero) is 1. The summed E-state index contributed by atoms with van der Waals surface area (Å²) in [5, 5.41) is 10.5. The van der Waals surface area contributed by atoms with Crippen LogP contribution < -0.4 is 14.2 Å². The molecule has 1 fully saturated rings. The van der Waals surface area contributed by atoms with Gasteiger partial charge in [-0.2, -0.15) is 0 Å². The quantitative estimate of drug-likeness (QED) is 0.697. The molecule has 4 aliphatic rings. The molecule has 1 N–H and O–H groups in total. The molecule has 5 rings (SSSR count). The highest BCUT2D eigenvalue weighted by molar-refractivity contribution is 6.02. The number of hydrogen-bond donors (Lipinski definition) is 1. The standard InChI is InChI=1S/C26H28O7/c1-5-31-25(28)24-16-8-6-13-10-14(27)7-9-15(13)21(16)22-19(33-24)12-18-17(23(22)30-4)11-20(32-18)26(2,3)29/h6,8,12-13,20,29H,5,7,9-11H2,1-4H3/t13-,20+/m1/s1. The van der Waals surface area contributed by atoms with E-state index in [1.807, 2.05) is 12.2 Å². The van der Waals surface area contributed by atoms with E-state index in [-0.39, 0.29) is 24.1 Å². The van der Waals surface area contributed by atoms with Gasteiger partial charge in [0.1, 0.15) is 29.1 Å². The highest BCUT2D eigenvalue weighted by atomic mass is 16.6. The van der Waals surface area contributed by atoms with Crippen molar-refractivity contribution in [1.29, 1.82) is 0 Å². The van der Waals surface area contributed by atoms with Crippen LogP contribution in [0.4, 0.5) is 0 Å². The average Bonchev–Trinajstić information content (AvgIpc) is 3.20. The van der Waals surface area contributed by atoms with E-state index in [1.165, 1.54) is 0 Å². The molecule has 1 aromatic carbocycles. The molecular formula is C26H28O7. The van der Waals surface area contributed by atoms with Crippen LogP contribution in [0, 0.1) is 5.92 Å². The third kappa shape index (κ3) is 3.46. The van der Waals surface area contributed by atoms with Gasteiger partial charge in [0.2, 0.25) is 5.76 Å². The van der Waals surface area contributed by atoms with Gasteiger partial charge in [-0.25, -0.2) is 4.79 Å². The highest BCUT2D eigenvalue weighted by Gasteiger charge is 2.43. The lowest BCUT2D eigenvalue weighted by Gasteiger charge is -2.34. The van der Waals surface area contributed by atoms with Crippen LogP contribution >= 0.6 is 0 Å². The molecule has 0 spiro atoms. The molecule has 2 heterocycles. The normalized spacial score (nSPS) is 23.2. The Hall–Kier alpha value is -3.06.